The van der Waals surface area contributed by atoms with Gasteiger partial charge in [0, 0.05) is 29.2 Å². The maximum absolute atomic E-state index is 13.3. The van der Waals surface area contributed by atoms with Crippen molar-refractivity contribution in [3.63, 3.8) is 0 Å². The molecule has 0 radical (unpaired) electrons. The number of hydrogen-bond donors (Lipinski definition) is 0. The molecule has 3 heteroatoms. The first-order chi connectivity index (χ1) is 11.8. The van der Waals surface area contributed by atoms with Crippen LogP contribution in [-0.4, -0.2) is 17.4 Å². The largest absolute Gasteiger partial charge is 0.309 e. The zero-order valence-electron chi connectivity index (χ0n) is 13.8. The molecule has 0 atom stereocenters. The fourth-order valence-corrected chi connectivity index (χ4v) is 3.16. The summed E-state index contributed by atoms with van der Waals surface area (Å²) in [5.41, 5.74) is 3.66. The smallest absolute Gasteiger partial charge is 0.259 e. The summed E-state index contributed by atoms with van der Waals surface area (Å²) in [6.45, 7) is 2.65. The third kappa shape index (κ3) is 2.67. The SMILES string of the molecule is CCN(C(=O)c1cc(C2CC2)nc2ccccc12)c1ccccc1. The first kappa shape index (κ1) is 14.9. The van der Waals surface area contributed by atoms with Crippen molar-refractivity contribution in [2.24, 2.45) is 0 Å². The lowest BCUT2D eigenvalue weighted by molar-refractivity contribution is 0.0989. The lowest BCUT2D eigenvalue weighted by atomic mass is 10.0. The summed E-state index contributed by atoms with van der Waals surface area (Å²) in [7, 11) is 0. The van der Waals surface area contributed by atoms with Crippen LogP contribution in [0, 0.1) is 0 Å². The highest BCUT2D eigenvalue weighted by Gasteiger charge is 2.28. The van der Waals surface area contributed by atoms with Gasteiger partial charge < -0.3 is 4.90 Å². The number of para-hydroxylation sites is 2. The van der Waals surface area contributed by atoms with Crippen LogP contribution in [0.4, 0.5) is 5.69 Å². The highest BCUT2D eigenvalue weighted by Crippen LogP contribution is 2.40. The molecule has 0 bridgehead atoms. The van der Waals surface area contributed by atoms with E-state index in [2.05, 4.69) is 0 Å². The van der Waals surface area contributed by atoms with Crippen molar-refractivity contribution in [2.75, 3.05) is 11.4 Å². The Bertz CT molecular complexity index is 885. The molecule has 1 saturated carbocycles. The van der Waals surface area contributed by atoms with Crippen molar-refractivity contribution in [3.8, 4) is 0 Å². The average molecular weight is 316 g/mol. The molecule has 1 amide bonds. The van der Waals surface area contributed by atoms with Crippen LogP contribution in [0.2, 0.25) is 0 Å². The Morgan fingerprint density at radius 3 is 2.50 bits per heavy atom. The maximum Gasteiger partial charge on any atom is 0.259 e. The van der Waals surface area contributed by atoms with Crippen LogP contribution in [0.25, 0.3) is 10.9 Å². The van der Waals surface area contributed by atoms with Crippen LogP contribution in [0.3, 0.4) is 0 Å². The van der Waals surface area contributed by atoms with Gasteiger partial charge in [-0.2, -0.15) is 0 Å². The zero-order valence-corrected chi connectivity index (χ0v) is 13.8. The second kappa shape index (κ2) is 6.08. The third-order valence-electron chi connectivity index (χ3n) is 4.59. The van der Waals surface area contributed by atoms with Crippen LogP contribution in [0.5, 0.6) is 0 Å². The number of pyridine rings is 1. The van der Waals surface area contributed by atoms with E-state index >= 15 is 0 Å². The highest BCUT2D eigenvalue weighted by molar-refractivity contribution is 6.13. The summed E-state index contributed by atoms with van der Waals surface area (Å²) >= 11 is 0. The van der Waals surface area contributed by atoms with Gasteiger partial charge in [-0.15, -0.1) is 0 Å². The van der Waals surface area contributed by atoms with Gasteiger partial charge in [0.15, 0.2) is 0 Å². The fraction of sp³-hybridized carbons (Fsp3) is 0.238. The zero-order chi connectivity index (χ0) is 16.5. The number of hydrogen-bond acceptors (Lipinski definition) is 2. The number of aromatic nitrogens is 1. The van der Waals surface area contributed by atoms with Crippen molar-refractivity contribution >= 4 is 22.5 Å². The highest BCUT2D eigenvalue weighted by atomic mass is 16.2. The van der Waals surface area contributed by atoms with E-state index in [1.54, 1.807) is 0 Å². The fourth-order valence-electron chi connectivity index (χ4n) is 3.16. The van der Waals surface area contributed by atoms with Crippen molar-refractivity contribution in [1.82, 2.24) is 4.98 Å². The Hall–Kier alpha value is -2.68. The van der Waals surface area contributed by atoms with Crippen molar-refractivity contribution < 1.29 is 4.79 Å². The molecular formula is C21H20N2O. The Morgan fingerprint density at radius 2 is 1.79 bits per heavy atom. The van der Waals surface area contributed by atoms with Crippen LogP contribution in [-0.2, 0) is 0 Å². The van der Waals surface area contributed by atoms with E-state index in [1.807, 2.05) is 72.5 Å². The minimum Gasteiger partial charge on any atom is -0.309 e. The van der Waals surface area contributed by atoms with Gasteiger partial charge in [0.1, 0.15) is 0 Å². The molecular weight excluding hydrogens is 296 g/mol. The minimum absolute atomic E-state index is 0.0456. The number of carbonyl (C=O) groups excluding carboxylic acids is 1. The van der Waals surface area contributed by atoms with Gasteiger partial charge >= 0.3 is 0 Å². The summed E-state index contributed by atoms with van der Waals surface area (Å²) in [5.74, 6) is 0.567. The molecule has 3 aromatic rings. The van der Waals surface area contributed by atoms with E-state index in [4.69, 9.17) is 4.98 Å². The Morgan fingerprint density at radius 1 is 1.08 bits per heavy atom. The van der Waals surface area contributed by atoms with Gasteiger partial charge in [-0.05, 0) is 44.0 Å². The maximum atomic E-state index is 13.3. The molecule has 0 spiro atoms. The topological polar surface area (TPSA) is 33.2 Å². The third-order valence-corrected chi connectivity index (χ3v) is 4.59. The Labute approximate surface area is 141 Å². The van der Waals surface area contributed by atoms with Crippen LogP contribution < -0.4 is 4.90 Å². The second-order valence-electron chi connectivity index (χ2n) is 6.27. The van der Waals surface area contributed by atoms with Gasteiger partial charge in [0.2, 0.25) is 0 Å². The summed E-state index contributed by atoms with van der Waals surface area (Å²) < 4.78 is 0. The van der Waals surface area contributed by atoms with Crippen molar-refractivity contribution in [3.05, 3.63) is 71.9 Å². The quantitative estimate of drug-likeness (QED) is 0.694. The Balaban J connectivity index is 1.83. The molecule has 120 valence electrons. The normalized spacial score (nSPS) is 13.9. The summed E-state index contributed by atoms with van der Waals surface area (Å²) in [4.78, 5) is 19.9. The molecule has 1 fully saturated rings. The average Bonchev–Trinajstić information content (AvgIpc) is 3.47. The summed E-state index contributed by atoms with van der Waals surface area (Å²) in [6, 6.07) is 19.8. The van der Waals surface area contributed by atoms with E-state index in [1.165, 1.54) is 12.8 Å². The molecule has 3 nitrogen and oxygen atoms in total. The molecule has 1 heterocycles. The predicted octanol–water partition coefficient (Wildman–Crippen LogP) is 4.78. The molecule has 2 aromatic carbocycles. The first-order valence-corrected chi connectivity index (χ1v) is 8.54. The summed E-state index contributed by atoms with van der Waals surface area (Å²) in [6.07, 6.45) is 2.35. The van der Waals surface area contributed by atoms with Crippen LogP contribution in [0.1, 0.15) is 41.7 Å². The number of benzene rings is 2. The minimum atomic E-state index is 0.0456. The Kier molecular flexibility index (Phi) is 3.77. The lowest BCUT2D eigenvalue weighted by Gasteiger charge is -2.22. The number of amides is 1. The molecule has 4 rings (SSSR count). The monoisotopic (exact) mass is 316 g/mol. The van der Waals surface area contributed by atoms with E-state index in [-0.39, 0.29) is 5.91 Å². The summed E-state index contributed by atoms with van der Waals surface area (Å²) in [5, 5.41) is 0.932. The molecule has 0 N–H and O–H groups in total. The standard InChI is InChI=1S/C21H20N2O/c1-2-23(16-8-4-3-5-9-16)21(24)18-14-20(15-12-13-15)22-19-11-7-6-10-17(18)19/h3-11,14-15H,2,12-13H2,1H3. The van der Waals surface area contributed by atoms with Crippen molar-refractivity contribution in [2.45, 2.75) is 25.7 Å². The van der Waals surface area contributed by atoms with Crippen LogP contribution in [0.15, 0.2) is 60.7 Å². The van der Waals surface area contributed by atoms with Crippen LogP contribution >= 0.6 is 0 Å². The van der Waals surface area contributed by atoms with Gasteiger partial charge in [0.25, 0.3) is 5.91 Å². The van der Waals surface area contributed by atoms with Gasteiger partial charge in [-0.25, -0.2) is 0 Å². The van der Waals surface area contributed by atoms with E-state index < -0.39 is 0 Å². The molecule has 24 heavy (non-hydrogen) atoms. The van der Waals surface area contributed by atoms with Gasteiger partial charge in [-0.1, -0.05) is 36.4 Å². The van der Waals surface area contributed by atoms with E-state index in [0.29, 0.717) is 12.5 Å². The van der Waals surface area contributed by atoms with Gasteiger partial charge in [0.05, 0.1) is 11.1 Å². The molecule has 0 saturated heterocycles. The molecule has 0 unspecified atom stereocenters. The molecule has 1 aromatic heterocycles. The van der Waals surface area contributed by atoms with Crippen molar-refractivity contribution in [1.29, 1.82) is 0 Å². The predicted molar refractivity (Wildman–Crippen MR) is 97.5 cm³/mol. The number of nitrogens with zero attached hydrogens (tertiary/aromatic N) is 2. The van der Waals surface area contributed by atoms with E-state index in [9.17, 15) is 4.79 Å². The number of fused-ring (bicyclic) bond motifs is 1. The number of anilines is 1. The number of rotatable bonds is 4. The lowest BCUT2D eigenvalue weighted by Crippen LogP contribution is -2.30. The first-order valence-electron chi connectivity index (χ1n) is 8.54. The number of carbonyl (C=O) groups is 1. The second-order valence-corrected chi connectivity index (χ2v) is 6.27. The molecule has 0 aliphatic heterocycles. The molecule has 1 aliphatic rings. The van der Waals surface area contributed by atoms with Gasteiger partial charge in [-0.3, -0.25) is 9.78 Å². The van der Waals surface area contributed by atoms with E-state index in [0.717, 1.165) is 27.8 Å². The molecule has 1 aliphatic carbocycles.